The SMILES string of the molecule is SC1(c2ccc(C3(S)N=NN=C3c3ccccc3)cc2)N=NN=C1c1ccccc1. The van der Waals surface area contributed by atoms with Crippen LogP contribution in [0, 0.1) is 0 Å². The van der Waals surface area contributed by atoms with E-state index >= 15 is 0 Å². The molecule has 0 spiro atoms. The standard InChI is InChI=1S/C22H16N6S2/c29-21(19(23-27-25-21)15-7-3-1-4-8-15)17-11-13-18(14-12-17)22(30)20(24-28-26-22)16-9-5-2-6-10-16/h1-14,29-30H. The summed E-state index contributed by atoms with van der Waals surface area (Å²) in [6.07, 6.45) is 0. The fraction of sp³-hybridized carbons (Fsp3) is 0.0909. The predicted octanol–water partition coefficient (Wildman–Crippen LogP) is 5.59. The first kappa shape index (κ1) is 18.9. The van der Waals surface area contributed by atoms with E-state index in [1.807, 2.05) is 84.9 Å². The smallest absolute Gasteiger partial charge is 0.140 e. The Bertz CT molecular complexity index is 1110. The first-order valence-electron chi connectivity index (χ1n) is 9.28. The minimum Gasteiger partial charge on any atom is -0.140 e. The molecule has 3 aromatic rings. The molecular formula is C22H16N6S2. The average molecular weight is 429 g/mol. The Kier molecular flexibility index (Phi) is 4.60. The highest BCUT2D eigenvalue weighted by molar-refractivity contribution is 7.82. The van der Waals surface area contributed by atoms with Gasteiger partial charge in [0.05, 0.1) is 0 Å². The molecule has 2 aliphatic rings. The summed E-state index contributed by atoms with van der Waals surface area (Å²) in [4.78, 5) is -1.92. The molecule has 6 nitrogen and oxygen atoms in total. The van der Waals surface area contributed by atoms with Gasteiger partial charge in [-0.15, -0.1) is 45.7 Å². The third-order valence-corrected chi connectivity index (χ3v) is 6.23. The maximum absolute atomic E-state index is 4.84. The van der Waals surface area contributed by atoms with Crippen molar-refractivity contribution in [2.24, 2.45) is 30.9 Å². The average Bonchev–Trinajstić information content (AvgIpc) is 3.39. The zero-order chi connectivity index (χ0) is 20.6. The molecule has 2 heterocycles. The van der Waals surface area contributed by atoms with Crippen LogP contribution in [0.25, 0.3) is 0 Å². The van der Waals surface area contributed by atoms with Crippen LogP contribution in [0.1, 0.15) is 22.3 Å². The van der Waals surface area contributed by atoms with Gasteiger partial charge in [0.1, 0.15) is 11.4 Å². The number of benzene rings is 3. The van der Waals surface area contributed by atoms with E-state index < -0.39 is 9.74 Å². The van der Waals surface area contributed by atoms with Crippen molar-refractivity contribution in [3.63, 3.8) is 0 Å². The molecule has 2 unspecified atom stereocenters. The third-order valence-electron chi connectivity index (χ3n) is 5.11. The molecule has 0 saturated carbocycles. The lowest BCUT2D eigenvalue weighted by Gasteiger charge is -2.24. The fourth-order valence-electron chi connectivity index (χ4n) is 3.53. The molecule has 2 atom stereocenters. The summed E-state index contributed by atoms with van der Waals surface area (Å²) >= 11 is 9.68. The van der Waals surface area contributed by atoms with Gasteiger partial charge < -0.3 is 0 Å². The van der Waals surface area contributed by atoms with Crippen molar-refractivity contribution in [3.8, 4) is 0 Å². The molecule has 146 valence electrons. The molecule has 0 saturated heterocycles. The molecule has 30 heavy (non-hydrogen) atoms. The van der Waals surface area contributed by atoms with E-state index in [-0.39, 0.29) is 0 Å². The van der Waals surface area contributed by atoms with E-state index in [0.717, 1.165) is 22.3 Å². The number of rotatable bonds is 4. The van der Waals surface area contributed by atoms with Crippen LogP contribution in [0.15, 0.2) is 116 Å². The summed E-state index contributed by atoms with van der Waals surface area (Å²) < 4.78 is 0. The fourth-order valence-corrected chi connectivity index (χ4v) is 4.26. The lowest BCUT2D eigenvalue weighted by Crippen LogP contribution is -2.28. The number of hydrogen-bond donors (Lipinski definition) is 2. The lowest BCUT2D eigenvalue weighted by molar-refractivity contribution is 0.826. The molecule has 2 aliphatic heterocycles. The van der Waals surface area contributed by atoms with Gasteiger partial charge in [0, 0.05) is 11.1 Å². The van der Waals surface area contributed by atoms with E-state index in [0.29, 0.717) is 11.4 Å². The van der Waals surface area contributed by atoms with Gasteiger partial charge in [0.25, 0.3) is 0 Å². The highest BCUT2D eigenvalue weighted by atomic mass is 32.1. The van der Waals surface area contributed by atoms with E-state index in [2.05, 4.69) is 30.9 Å². The van der Waals surface area contributed by atoms with Crippen LogP contribution in [0.3, 0.4) is 0 Å². The van der Waals surface area contributed by atoms with E-state index in [4.69, 9.17) is 25.3 Å². The number of hydrogen-bond acceptors (Lipinski definition) is 8. The Morgan fingerprint density at radius 1 is 0.500 bits per heavy atom. The number of nitrogens with zero attached hydrogens (tertiary/aromatic N) is 6. The molecule has 0 amide bonds. The summed E-state index contributed by atoms with van der Waals surface area (Å²) in [6.45, 7) is 0. The molecule has 0 N–H and O–H groups in total. The molecular weight excluding hydrogens is 412 g/mol. The molecule has 8 heteroatoms. The highest BCUT2D eigenvalue weighted by Gasteiger charge is 2.41. The topological polar surface area (TPSA) is 74.2 Å². The minimum atomic E-state index is -0.961. The summed E-state index contributed by atoms with van der Waals surface area (Å²) in [5.74, 6) is 0. The molecule has 0 aromatic heterocycles. The highest BCUT2D eigenvalue weighted by Crippen LogP contribution is 2.42. The Labute approximate surface area is 184 Å². The van der Waals surface area contributed by atoms with Crippen molar-refractivity contribution in [2.45, 2.75) is 9.74 Å². The van der Waals surface area contributed by atoms with Gasteiger partial charge in [-0.25, -0.2) is 0 Å². The van der Waals surface area contributed by atoms with Crippen LogP contribution in [0.5, 0.6) is 0 Å². The Morgan fingerprint density at radius 2 is 0.867 bits per heavy atom. The van der Waals surface area contributed by atoms with Crippen LogP contribution in [-0.2, 0) is 9.74 Å². The maximum atomic E-state index is 4.84. The zero-order valence-electron chi connectivity index (χ0n) is 15.7. The summed E-state index contributed by atoms with van der Waals surface area (Å²) in [5, 5.41) is 24.9. The summed E-state index contributed by atoms with van der Waals surface area (Å²) in [7, 11) is 0. The van der Waals surface area contributed by atoms with Gasteiger partial charge in [0.2, 0.25) is 0 Å². The normalized spacial score (nSPS) is 24.7. The van der Waals surface area contributed by atoms with Gasteiger partial charge in [-0.3, -0.25) is 0 Å². The van der Waals surface area contributed by atoms with Gasteiger partial charge >= 0.3 is 0 Å². The largest absolute Gasteiger partial charge is 0.195 e. The molecule has 0 fully saturated rings. The van der Waals surface area contributed by atoms with Crippen molar-refractivity contribution in [3.05, 3.63) is 107 Å². The second-order valence-corrected chi connectivity index (χ2v) is 8.22. The minimum absolute atomic E-state index is 0.687. The second-order valence-electron chi connectivity index (χ2n) is 6.93. The van der Waals surface area contributed by atoms with Crippen molar-refractivity contribution >= 4 is 36.7 Å². The molecule has 0 radical (unpaired) electrons. The molecule has 0 aliphatic carbocycles. The second kappa shape index (κ2) is 7.30. The van der Waals surface area contributed by atoms with Crippen molar-refractivity contribution < 1.29 is 0 Å². The molecule has 5 rings (SSSR count). The van der Waals surface area contributed by atoms with Gasteiger partial charge in [0.15, 0.2) is 9.74 Å². The Morgan fingerprint density at radius 3 is 1.23 bits per heavy atom. The third kappa shape index (κ3) is 3.00. The Balaban J connectivity index is 1.49. The molecule has 3 aromatic carbocycles. The maximum Gasteiger partial charge on any atom is 0.195 e. The van der Waals surface area contributed by atoms with E-state index in [1.165, 1.54) is 0 Å². The van der Waals surface area contributed by atoms with Crippen LogP contribution < -0.4 is 0 Å². The zero-order valence-corrected chi connectivity index (χ0v) is 17.4. The van der Waals surface area contributed by atoms with Crippen LogP contribution in [-0.4, -0.2) is 11.4 Å². The van der Waals surface area contributed by atoms with Gasteiger partial charge in [-0.1, -0.05) is 84.9 Å². The monoisotopic (exact) mass is 428 g/mol. The predicted molar refractivity (Wildman–Crippen MR) is 123 cm³/mol. The number of thiol groups is 2. The molecule has 0 bridgehead atoms. The summed E-state index contributed by atoms with van der Waals surface area (Å²) in [5.41, 5.74) is 4.93. The Hall–Kier alpha value is -3.10. The quantitative estimate of drug-likeness (QED) is 0.508. The van der Waals surface area contributed by atoms with E-state index in [1.54, 1.807) is 0 Å². The van der Waals surface area contributed by atoms with E-state index in [9.17, 15) is 0 Å². The van der Waals surface area contributed by atoms with Crippen molar-refractivity contribution in [1.29, 1.82) is 0 Å². The van der Waals surface area contributed by atoms with Gasteiger partial charge in [-0.05, 0) is 21.6 Å². The van der Waals surface area contributed by atoms with Gasteiger partial charge in [-0.2, -0.15) is 0 Å². The lowest BCUT2D eigenvalue weighted by atomic mass is 9.92. The van der Waals surface area contributed by atoms with Crippen molar-refractivity contribution in [1.82, 2.24) is 0 Å². The first-order valence-corrected chi connectivity index (χ1v) is 10.2. The van der Waals surface area contributed by atoms with Crippen LogP contribution in [0.2, 0.25) is 0 Å². The van der Waals surface area contributed by atoms with Crippen LogP contribution in [0.4, 0.5) is 0 Å². The first-order chi connectivity index (χ1) is 14.6. The van der Waals surface area contributed by atoms with Crippen molar-refractivity contribution in [2.75, 3.05) is 0 Å². The summed E-state index contributed by atoms with van der Waals surface area (Å²) in [6, 6.07) is 27.4. The van der Waals surface area contributed by atoms with Crippen LogP contribution >= 0.6 is 25.3 Å².